The topological polar surface area (TPSA) is 30.5 Å². The molecule has 0 aromatic heterocycles. The minimum Gasteiger partial charge on any atom is -0.381 e. The largest absolute Gasteiger partial charge is 0.381 e. The number of ether oxygens (including phenoxy) is 2. The van der Waals surface area contributed by atoms with E-state index in [-0.39, 0.29) is 5.60 Å². The molecule has 0 bridgehead atoms. The van der Waals surface area contributed by atoms with Crippen LogP contribution in [-0.2, 0) is 9.47 Å². The van der Waals surface area contributed by atoms with E-state index < -0.39 is 0 Å². The molecule has 0 aromatic carbocycles. The number of rotatable bonds is 9. The van der Waals surface area contributed by atoms with Gasteiger partial charge in [0.1, 0.15) is 0 Å². The van der Waals surface area contributed by atoms with Crippen molar-refractivity contribution in [3.8, 4) is 0 Å². The molecule has 0 rings (SSSR count). The molecular formula is C12H27NO2. The molecule has 0 aliphatic rings. The average molecular weight is 217 g/mol. The van der Waals surface area contributed by atoms with E-state index in [9.17, 15) is 0 Å². The molecule has 1 unspecified atom stereocenters. The lowest BCUT2D eigenvalue weighted by atomic mass is 10.1. The highest BCUT2D eigenvalue weighted by Gasteiger charge is 2.15. The molecule has 0 radical (unpaired) electrons. The van der Waals surface area contributed by atoms with Gasteiger partial charge in [0.2, 0.25) is 0 Å². The molecule has 0 aliphatic carbocycles. The van der Waals surface area contributed by atoms with Crippen LogP contribution in [0.3, 0.4) is 0 Å². The average Bonchev–Trinajstić information content (AvgIpc) is 2.22. The Morgan fingerprint density at radius 2 is 1.93 bits per heavy atom. The first kappa shape index (κ1) is 14.9. The second-order valence-electron chi connectivity index (χ2n) is 4.66. The van der Waals surface area contributed by atoms with Gasteiger partial charge >= 0.3 is 0 Å². The summed E-state index contributed by atoms with van der Waals surface area (Å²) in [4.78, 5) is 0. The number of hydrogen-bond acceptors (Lipinski definition) is 3. The standard InChI is InChI=1S/C12H27NO2/c1-11(13-4)7-6-9-15-10-8-12(2,3)14-5/h11,13H,6-10H2,1-5H3. The zero-order chi connectivity index (χ0) is 11.7. The molecule has 0 aromatic rings. The summed E-state index contributed by atoms with van der Waals surface area (Å²) in [6.45, 7) is 7.99. The van der Waals surface area contributed by atoms with Crippen molar-refractivity contribution in [2.45, 2.75) is 51.7 Å². The Morgan fingerprint density at radius 1 is 1.27 bits per heavy atom. The van der Waals surface area contributed by atoms with Gasteiger partial charge in [0.25, 0.3) is 0 Å². The van der Waals surface area contributed by atoms with E-state index in [2.05, 4.69) is 26.1 Å². The minimum atomic E-state index is -0.0573. The van der Waals surface area contributed by atoms with Gasteiger partial charge in [-0.1, -0.05) is 0 Å². The van der Waals surface area contributed by atoms with E-state index in [0.717, 1.165) is 26.1 Å². The fourth-order valence-electron chi connectivity index (χ4n) is 1.16. The summed E-state index contributed by atoms with van der Waals surface area (Å²) in [5, 5.41) is 3.21. The Bertz CT molecular complexity index is 149. The maximum Gasteiger partial charge on any atom is 0.0644 e. The van der Waals surface area contributed by atoms with Crippen molar-refractivity contribution in [3.05, 3.63) is 0 Å². The minimum absolute atomic E-state index is 0.0573. The predicted molar refractivity (Wildman–Crippen MR) is 64.3 cm³/mol. The molecule has 15 heavy (non-hydrogen) atoms. The maximum absolute atomic E-state index is 5.56. The van der Waals surface area contributed by atoms with Crippen molar-refractivity contribution in [2.75, 3.05) is 27.4 Å². The molecule has 1 atom stereocenters. The second-order valence-corrected chi connectivity index (χ2v) is 4.66. The highest BCUT2D eigenvalue weighted by atomic mass is 16.5. The fraction of sp³-hybridized carbons (Fsp3) is 1.00. The Morgan fingerprint density at radius 3 is 2.47 bits per heavy atom. The van der Waals surface area contributed by atoms with Gasteiger partial charge in [0.05, 0.1) is 5.60 Å². The SMILES string of the molecule is CNC(C)CCCOCCC(C)(C)OC. The number of hydrogen-bond donors (Lipinski definition) is 1. The smallest absolute Gasteiger partial charge is 0.0644 e. The lowest BCUT2D eigenvalue weighted by Gasteiger charge is -2.22. The summed E-state index contributed by atoms with van der Waals surface area (Å²) in [6.07, 6.45) is 3.24. The van der Waals surface area contributed by atoms with Gasteiger partial charge < -0.3 is 14.8 Å². The first-order chi connectivity index (χ1) is 7.02. The van der Waals surface area contributed by atoms with Crippen molar-refractivity contribution in [1.82, 2.24) is 5.32 Å². The highest BCUT2D eigenvalue weighted by Crippen LogP contribution is 2.12. The quantitative estimate of drug-likeness (QED) is 0.601. The fourth-order valence-corrected chi connectivity index (χ4v) is 1.16. The summed E-state index contributed by atoms with van der Waals surface area (Å²) < 4.78 is 10.9. The molecule has 0 aliphatic heterocycles. The van der Waals surface area contributed by atoms with Crippen LogP contribution in [0.2, 0.25) is 0 Å². The summed E-state index contributed by atoms with van der Waals surface area (Å²) in [6, 6.07) is 0.587. The number of nitrogens with one attached hydrogen (secondary N) is 1. The van der Waals surface area contributed by atoms with Crippen LogP contribution in [0.25, 0.3) is 0 Å². The Balaban J connectivity index is 3.25. The lowest BCUT2D eigenvalue weighted by Crippen LogP contribution is -2.25. The third-order valence-corrected chi connectivity index (χ3v) is 2.82. The van der Waals surface area contributed by atoms with Crippen LogP contribution >= 0.6 is 0 Å². The van der Waals surface area contributed by atoms with Gasteiger partial charge in [0.15, 0.2) is 0 Å². The lowest BCUT2D eigenvalue weighted by molar-refractivity contribution is -0.0102. The van der Waals surface area contributed by atoms with Crippen LogP contribution in [0.1, 0.15) is 40.0 Å². The Labute approximate surface area is 94.5 Å². The second kappa shape index (κ2) is 8.08. The molecule has 0 spiro atoms. The first-order valence-electron chi connectivity index (χ1n) is 5.82. The van der Waals surface area contributed by atoms with Crippen molar-refractivity contribution in [3.63, 3.8) is 0 Å². The first-order valence-corrected chi connectivity index (χ1v) is 5.82. The molecule has 3 nitrogen and oxygen atoms in total. The van der Waals surface area contributed by atoms with Gasteiger partial charge in [-0.15, -0.1) is 0 Å². The van der Waals surface area contributed by atoms with Crippen molar-refractivity contribution < 1.29 is 9.47 Å². The summed E-state index contributed by atoms with van der Waals surface area (Å²) in [5.41, 5.74) is -0.0573. The zero-order valence-corrected chi connectivity index (χ0v) is 10.9. The van der Waals surface area contributed by atoms with Crippen LogP contribution in [0.15, 0.2) is 0 Å². The van der Waals surface area contributed by atoms with Crippen molar-refractivity contribution in [2.24, 2.45) is 0 Å². The van der Waals surface area contributed by atoms with Gasteiger partial charge in [-0.3, -0.25) is 0 Å². The monoisotopic (exact) mass is 217 g/mol. The Hall–Kier alpha value is -0.120. The molecule has 0 heterocycles. The van der Waals surface area contributed by atoms with Crippen LogP contribution < -0.4 is 5.32 Å². The van der Waals surface area contributed by atoms with E-state index in [1.807, 2.05) is 7.05 Å². The van der Waals surface area contributed by atoms with Gasteiger partial charge in [-0.2, -0.15) is 0 Å². The molecule has 1 N–H and O–H groups in total. The third-order valence-electron chi connectivity index (χ3n) is 2.82. The molecule has 0 fully saturated rings. The normalized spacial score (nSPS) is 14.2. The van der Waals surface area contributed by atoms with Gasteiger partial charge in [-0.25, -0.2) is 0 Å². The highest BCUT2D eigenvalue weighted by molar-refractivity contribution is 4.66. The van der Waals surface area contributed by atoms with E-state index >= 15 is 0 Å². The van der Waals surface area contributed by atoms with Crippen LogP contribution in [0, 0.1) is 0 Å². The van der Waals surface area contributed by atoms with Crippen LogP contribution in [0.5, 0.6) is 0 Å². The molecule has 0 saturated heterocycles. The maximum atomic E-state index is 5.56. The molecular weight excluding hydrogens is 190 g/mol. The van der Waals surface area contributed by atoms with Crippen molar-refractivity contribution in [1.29, 1.82) is 0 Å². The van der Waals surface area contributed by atoms with Crippen LogP contribution in [0.4, 0.5) is 0 Å². The third kappa shape index (κ3) is 8.85. The summed E-state index contributed by atoms with van der Waals surface area (Å²) in [5.74, 6) is 0. The van der Waals surface area contributed by atoms with Crippen LogP contribution in [-0.4, -0.2) is 39.0 Å². The Kier molecular flexibility index (Phi) is 8.02. The number of methoxy groups -OCH3 is 1. The summed E-state index contributed by atoms with van der Waals surface area (Å²) >= 11 is 0. The van der Waals surface area contributed by atoms with Gasteiger partial charge in [-0.05, 0) is 47.1 Å². The van der Waals surface area contributed by atoms with Gasteiger partial charge in [0, 0.05) is 26.4 Å². The van der Waals surface area contributed by atoms with E-state index in [4.69, 9.17) is 9.47 Å². The molecule has 0 amide bonds. The van der Waals surface area contributed by atoms with Crippen molar-refractivity contribution >= 4 is 0 Å². The predicted octanol–water partition coefficient (Wildman–Crippen LogP) is 2.21. The molecule has 3 heteroatoms. The summed E-state index contributed by atoms with van der Waals surface area (Å²) in [7, 11) is 3.74. The van der Waals surface area contributed by atoms with E-state index in [1.54, 1.807) is 7.11 Å². The molecule has 92 valence electrons. The molecule has 0 saturated carbocycles. The zero-order valence-electron chi connectivity index (χ0n) is 10.9. The van der Waals surface area contributed by atoms with E-state index in [1.165, 1.54) is 6.42 Å². The van der Waals surface area contributed by atoms with E-state index in [0.29, 0.717) is 6.04 Å².